The third kappa shape index (κ3) is 2.07. The van der Waals surface area contributed by atoms with Gasteiger partial charge < -0.3 is 9.47 Å². The lowest BCUT2D eigenvalue weighted by atomic mass is 10.1. The second-order valence-electron chi connectivity index (χ2n) is 6.36. The molecule has 0 fully saturated rings. The fourth-order valence-corrected chi connectivity index (χ4v) is 3.62. The molecule has 0 N–H and O–H groups in total. The standard InChI is InChI=1S/C20H18N2O2/c1-13-11-14-7-3-5-9-17(14)22(13)20(24)19(23)16-12-21(2)18-10-6-4-8-15(16)18/h3-10,12-13H,11H2,1-2H3. The first-order chi connectivity index (χ1) is 11.6. The smallest absolute Gasteiger partial charge is 0.299 e. The monoisotopic (exact) mass is 318 g/mol. The van der Waals surface area contributed by atoms with Crippen molar-refractivity contribution in [2.45, 2.75) is 19.4 Å². The quantitative estimate of drug-likeness (QED) is 0.537. The van der Waals surface area contributed by atoms with E-state index in [1.165, 1.54) is 0 Å². The van der Waals surface area contributed by atoms with Gasteiger partial charge in [0, 0.05) is 35.9 Å². The molecule has 4 nitrogen and oxygen atoms in total. The van der Waals surface area contributed by atoms with Crippen molar-refractivity contribution in [1.82, 2.24) is 4.57 Å². The lowest BCUT2D eigenvalue weighted by molar-refractivity contribution is -0.114. The molecule has 1 atom stereocenters. The molecule has 2 aromatic carbocycles. The summed E-state index contributed by atoms with van der Waals surface area (Å²) in [7, 11) is 1.89. The number of ketones is 1. The molecule has 4 rings (SSSR count). The van der Waals surface area contributed by atoms with Crippen LogP contribution in [0.25, 0.3) is 10.9 Å². The highest BCUT2D eigenvalue weighted by atomic mass is 16.2. The molecule has 0 saturated carbocycles. The molecule has 0 bridgehead atoms. The normalized spacial score (nSPS) is 16.4. The van der Waals surface area contributed by atoms with Crippen molar-refractivity contribution >= 4 is 28.3 Å². The summed E-state index contributed by atoms with van der Waals surface area (Å²) in [6, 6.07) is 15.4. The van der Waals surface area contributed by atoms with Crippen LogP contribution in [-0.2, 0) is 18.3 Å². The molecular formula is C20H18N2O2. The molecule has 3 aromatic rings. The van der Waals surface area contributed by atoms with E-state index in [0.717, 1.165) is 28.6 Å². The first-order valence-corrected chi connectivity index (χ1v) is 8.08. The maximum atomic E-state index is 12.9. The molecule has 2 heterocycles. The first kappa shape index (κ1) is 14.7. The Morgan fingerprint density at radius 2 is 1.75 bits per heavy atom. The second kappa shape index (κ2) is 5.34. The van der Waals surface area contributed by atoms with E-state index in [2.05, 4.69) is 0 Å². The number of benzene rings is 2. The maximum absolute atomic E-state index is 12.9. The first-order valence-electron chi connectivity index (χ1n) is 8.08. The lowest BCUT2D eigenvalue weighted by Gasteiger charge is -2.21. The summed E-state index contributed by atoms with van der Waals surface area (Å²) >= 11 is 0. The molecule has 1 aliphatic heterocycles. The van der Waals surface area contributed by atoms with Crippen LogP contribution >= 0.6 is 0 Å². The molecule has 1 amide bonds. The van der Waals surface area contributed by atoms with E-state index >= 15 is 0 Å². The molecule has 1 aliphatic rings. The molecule has 0 radical (unpaired) electrons. The Hall–Kier alpha value is -2.88. The zero-order chi connectivity index (χ0) is 16.8. The van der Waals surface area contributed by atoms with E-state index in [0.29, 0.717) is 5.56 Å². The zero-order valence-corrected chi connectivity index (χ0v) is 13.7. The van der Waals surface area contributed by atoms with Crippen molar-refractivity contribution < 1.29 is 9.59 Å². The van der Waals surface area contributed by atoms with Crippen molar-refractivity contribution in [2.75, 3.05) is 4.90 Å². The number of nitrogens with zero attached hydrogens (tertiary/aromatic N) is 2. The van der Waals surface area contributed by atoms with Crippen LogP contribution in [0.4, 0.5) is 5.69 Å². The number of Topliss-reactive ketones (excluding diaryl/α,β-unsaturated/α-hetero) is 1. The SMILES string of the molecule is CC1Cc2ccccc2N1C(=O)C(=O)c1cn(C)c2ccccc12. The zero-order valence-electron chi connectivity index (χ0n) is 13.7. The maximum Gasteiger partial charge on any atom is 0.299 e. The van der Waals surface area contributed by atoms with E-state index in [1.807, 2.05) is 67.1 Å². The third-order valence-corrected chi connectivity index (χ3v) is 4.76. The fourth-order valence-electron chi connectivity index (χ4n) is 3.62. The van der Waals surface area contributed by atoms with Crippen molar-refractivity contribution in [2.24, 2.45) is 7.05 Å². The van der Waals surface area contributed by atoms with Crippen LogP contribution in [-0.4, -0.2) is 22.3 Å². The average Bonchev–Trinajstić information content (AvgIpc) is 3.10. The van der Waals surface area contributed by atoms with Crippen LogP contribution in [0, 0.1) is 0 Å². The lowest BCUT2D eigenvalue weighted by Crippen LogP contribution is -2.40. The van der Waals surface area contributed by atoms with Crippen molar-refractivity contribution in [1.29, 1.82) is 0 Å². The van der Waals surface area contributed by atoms with Crippen LogP contribution < -0.4 is 4.90 Å². The molecule has 0 saturated heterocycles. The number of hydrogen-bond acceptors (Lipinski definition) is 2. The Morgan fingerprint density at radius 3 is 2.58 bits per heavy atom. The minimum atomic E-state index is -0.455. The van der Waals surface area contributed by atoms with Crippen LogP contribution in [0.2, 0.25) is 0 Å². The number of carbonyl (C=O) groups excluding carboxylic acids is 2. The number of hydrogen-bond donors (Lipinski definition) is 0. The van der Waals surface area contributed by atoms with Gasteiger partial charge in [-0.15, -0.1) is 0 Å². The summed E-state index contributed by atoms with van der Waals surface area (Å²) in [5.41, 5.74) is 3.38. The summed E-state index contributed by atoms with van der Waals surface area (Å²) in [5.74, 6) is -0.904. The van der Waals surface area contributed by atoms with Gasteiger partial charge in [0.15, 0.2) is 0 Å². The summed E-state index contributed by atoms with van der Waals surface area (Å²) in [4.78, 5) is 27.5. The molecule has 1 aromatic heterocycles. The van der Waals surface area contributed by atoms with Crippen molar-refractivity contribution in [3.63, 3.8) is 0 Å². The van der Waals surface area contributed by atoms with E-state index in [4.69, 9.17) is 0 Å². The van der Waals surface area contributed by atoms with Crippen molar-refractivity contribution in [3.8, 4) is 0 Å². The molecule has 120 valence electrons. The molecule has 4 heteroatoms. The number of aromatic nitrogens is 1. The Labute approximate surface area is 140 Å². The predicted octanol–water partition coefficient (Wildman–Crippen LogP) is 3.34. The minimum Gasteiger partial charge on any atom is -0.350 e. The van der Waals surface area contributed by atoms with Gasteiger partial charge in [-0.05, 0) is 31.0 Å². The van der Waals surface area contributed by atoms with E-state index in [1.54, 1.807) is 11.1 Å². The Bertz CT molecular complexity index is 971. The summed E-state index contributed by atoms with van der Waals surface area (Å²) in [6.07, 6.45) is 2.53. The van der Waals surface area contributed by atoms with Crippen LogP contribution in [0.5, 0.6) is 0 Å². The Balaban J connectivity index is 1.76. The van der Waals surface area contributed by atoms with Crippen LogP contribution in [0.15, 0.2) is 54.7 Å². The summed E-state index contributed by atoms with van der Waals surface area (Å²) < 4.78 is 1.89. The van der Waals surface area contributed by atoms with Gasteiger partial charge in [-0.2, -0.15) is 0 Å². The van der Waals surface area contributed by atoms with Gasteiger partial charge in [0.05, 0.1) is 5.56 Å². The largest absolute Gasteiger partial charge is 0.350 e. The van der Waals surface area contributed by atoms with Gasteiger partial charge >= 0.3 is 0 Å². The number of carbonyl (C=O) groups is 2. The van der Waals surface area contributed by atoms with Gasteiger partial charge in [-0.1, -0.05) is 36.4 Å². The van der Waals surface area contributed by atoms with Crippen molar-refractivity contribution in [3.05, 3.63) is 65.9 Å². The molecule has 0 aliphatic carbocycles. The number of fused-ring (bicyclic) bond motifs is 2. The average molecular weight is 318 g/mol. The van der Waals surface area contributed by atoms with Crippen LogP contribution in [0.1, 0.15) is 22.8 Å². The summed E-state index contributed by atoms with van der Waals surface area (Å²) in [6.45, 7) is 1.98. The number of amides is 1. The predicted molar refractivity (Wildman–Crippen MR) is 94.3 cm³/mol. The van der Waals surface area contributed by atoms with E-state index < -0.39 is 11.7 Å². The molecular weight excluding hydrogens is 300 g/mol. The van der Waals surface area contributed by atoms with E-state index in [-0.39, 0.29) is 6.04 Å². The topological polar surface area (TPSA) is 42.3 Å². The number of anilines is 1. The number of para-hydroxylation sites is 2. The number of aryl methyl sites for hydroxylation is 1. The molecule has 1 unspecified atom stereocenters. The van der Waals surface area contributed by atoms with Gasteiger partial charge in [-0.3, -0.25) is 9.59 Å². The summed E-state index contributed by atoms with van der Waals surface area (Å²) in [5, 5.41) is 0.818. The third-order valence-electron chi connectivity index (χ3n) is 4.76. The van der Waals surface area contributed by atoms with Gasteiger partial charge in [0.2, 0.25) is 0 Å². The fraction of sp³-hybridized carbons (Fsp3) is 0.200. The Morgan fingerprint density at radius 1 is 1.04 bits per heavy atom. The molecule has 24 heavy (non-hydrogen) atoms. The van der Waals surface area contributed by atoms with Crippen LogP contribution in [0.3, 0.4) is 0 Å². The minimum absolute atomic E-state index is 0.00572. The van der Waals surface area contributed by atoms with Gasteiger partial charge in [-0.25, -0.2) is 0 Å². The van der Waals surface area contributed by atoms with E-state index in [9.17, 15) is 9.59 Å². The molecule has 0 spiro atoms. The van der Waals surface area contributed by atoms with Gasteiger partial charge in [0.1, 0.15) is 0 Å². The number of rotatable bonds is 2. The highest BCUT2D eigenvalue weighted by molar-refractivity contribution is 6.49. The second-order valence-corrected chi connectivity index (χ2v) is 6.36. The highest BCUT2D eigenvalue weighted by Crippen LogP contribution is 2.33. The Kier molecular flexibility index (Phi) is 3.27. The van der Waals surface area contributed by atoms with Gasteiger partial charge in [0.25, 0.3) is 11.7 Å². The highest BCUT2D eigenvalue weighted by Gasteiger charge is 2.35.